The number of hydrogen-bond donors (Lipinski definition) is 2. The van der Waals surface area contributed by atoms with Crippen LogP contribution >= 0.6 is 15.9 Å². The highest BCUT2D eigenvalue weighted by Gasteiger charge is 2.37. The van der Waals surface area contributed by atoms with Crippen molar-refractivity contribution < 1.29 is 5.11 Å². The SMILES string of the molecule is NCC1(C(O)c2ccc(Br)cc2)CCCCCC1. The lowest BCUT2D eigenvalue weighted by molar-refractivity contribution is 0.0166. The fourth-order valence-electron chi connectivity index (χ4n) is 3.02. The zero-order chi connectivity index (χ0) is 13.0. The van der Waals surface area contributed by atoms with Crippen LogP contribution in [0.1, 0.15) is 50.2 Å². The second-order valence-electron chi connectivity index (χ2n) is 5.43. The normalized spacial score (nSPS) is 21.3. The van der Waals surface area contributed by atoms with Crippen molar-refractivity contribution in [2.24, 2.45) is 11.1 Å². The van der Waals surface area contributed by atoms with Crippen molar-refractivity contribution in [3.8, 4) is 0 Å². The third kappa shape index (κ3) is 2.95. The molecule has 1 aliphatic carbocycles. The Balaban J connectivity index is 2.22. The average Bonchev–Trinajstić information content (AvgIpc) is 2.65. The molecule has 0 bridgehead atoms. The van der Waals surface area contributed by atoms with E-state index in [2.05, 4.69) is 15.9 Å². The van der Waals surface area contributed by atoms with Gasteiger partial charge in [-0.1, -0.05) is 53.7 Å². The number of aliphatic hydroxyl groups excluding tert-OH is 1. The van der Waals surface area contributed by atoms with E-state index in [1.54, 1.807) is 0 Å². The Morgan fingerprint density at radius 1 is 1.11 bits per heavy atom. The molecule has 0 radical (unpaired) electrons. The molecule has 3 N–H and O–H groups in total. The highest BCUT2D eigenvalue weighted by molar-refractivity contribution is 9.10. The third-order valence-electron chi connectivity index (χ3n) is 4.27. The first-order valence-electron chi connectivity index (χ1n) is 6.81. The van der Waals surface area contributed by atoms with Gasteiger partial charge in [-0.05, 0) is 30.5 Å². The molecule has 100 valence electrons. The summed E-state index contributed by atoms with van der Waals surface area (Å²) < 4.78 is 1.04. The molecule has 0 aromatic heterocycles. The minimum atomic E-state index is -0.436. The Morgan fingerprint density at radius 2 is 1.67 bits per heavy atom. The molecule has 18 heavy (non-hydrogen) atoms. The lowest BCUT2D eigenvalue weighted by Crippen LogP contribution is -2.36. The van der Waals surface area contributed by atoms with Gasteiger partial charge in [0.25, 0.3) is 0 Å². The van der Waals surface area contributed by atoms with Crippen LogP contribution in [0.5, 0.6) is 0 Å². The Kier molecular flexibility index (Phi) is 4.82. The molecule has 0 aliphatic heterocycles. The summed E-state index contributed by atoms with van der Waals surface area (Å²) in [6.07, 6.45) is 6.56. The van der Waals surface area contributed by atoms with Crippen molar-refractivity contribution in [1.29, 1.82) is 0 Å². The van der Waals surface area contributed by atoms with E-state index in [4.69, 9.17) is 5.73 Å². The van der Waals surface area contributed by atoms with Crippen LogP contribution in [0.2, 0.25) is 0 Å². The number of aliphatic hydroxyl groups is 1. The minimum Gasteiger partial charge on any atom is -0.388 e. The van der Waals surface area contributed by atoms with Crippen molar-refractivity contribution in [3.05, 3.63) is 34.3 Å². The number of benzene rings is 1. The highest BCUT2D eigenvalue weighted by atomic mass is 79.9. The van der Waals surface area contributed by atoms with Crippen molar-refractivity contribution in [1.82, 2.24) is 0 Å². The zero-order valence-corrected chi connectivity index (χ0v) is 12.3. The quantitative estimate of drug-likeness (QED) is 0.834. The standard InChI is InChI=1S/C15H22BrNO/c16-13-7-5-12(6-8-13)14(18)15(11-17)9-3-1-2-4-10-15/h5-8,14,18H,1-4,9-11,17H2. The van der Waals surface area contributed by atoms with Crippen molar-refractivity contribution >= 4 is 15.9 Å². The van der Waals surface area contributed by atoms with E-state index in [1.165, 1.54) is 25.7 Å². The monoisotopic (exact) mass is 311 g/mol. The summed E-state index contributed by atoms with van der Waals surface area (Å²) >= 11 is 3.43. The fourth-order valence-corrected chi connectivity index (χ4v) is 3.28. The summed E-state index contributed by atoms with van der Waals surface area (Å²) in [5.41, 5.74) is 6.88. The maximum atomic E-state index is 10.7. The van der Waals surface area contributed by atoms with Gasteiger partial charge in [-0.2, -0.15) is 0 Å². The van der Waals surface area contributed by atoms with Crippen LogP contribution in [0, 0.1) is 5.41 Å². The second-order valence-corrected chi connectivity index (χ2v) is 6.35. The predicted octanol–water partition coefficient (Wildman–Crippen LogP) is 3.78. The number of nitrogens with two attached hydrogens (primary N) is 1. The third-order valence-corrected chi connectivity index (χ3v) is 4.80. The Morgan fingerprint density at radius 3 is 2.17 bits per heavy atom. The Hall–Kier alpha value is -0.380. The molecule has 2 rings (SSSR count). The zero-order valence-electron chi connectivity index (χ0n) is 10.7. The lowest BCUT2D eigenvalue weighted by atomic mass is 9.73. The van der Waals surface area contributed by atoms with Gasteiger partial charge in [-0.15, -0.1) is 0 Å². The van der Waals surface area contributed by atoms with Crippen LogP contribution in [-0.2, 0) is 0 Å². The van der Waals surface area contributed by atoms with Gasteiger partial charge in [0, 0.05) is 16.4 Å². The largest absolute Gasteiger partial charge is 0.388 e. The molecule has 0 saturated heterocycles. The van der Waals surface area contributed by atoms with E-state index in [9.17, 15) is 5.11 Å². The van der Waals surface area contributed by atoms with Gasteiger partial charge < -0.3 is 10.8 Å². The van der Waals surface area contributed by atoms with Crippen molar-refractivity contribution in [3.63, 3.8) is 0 Å². The number of hydrogen-bond acceptors (Lipinski definition) is 2. The van der Waals surface area contributed by atoms with Gasteiger partial charge in [0.15, 0.2) is 0 Å². The van der Waals surface area contributed by atoms with Crippen LogP contribution < -0.4 is 5.73 Å². The molecule has 0 amide bonds. The summed E-state index contributed by atoms with van der Waals surface area (Å²) in [7, 11) is 0. The summed E-state index contributed by atoms with van der Waals surface area (Å²) in [6.45, 7) is 0.574. The maximum absolute atomic E-state index is 10.7. The van der Waals surface area contributed by atoms with Crippen LogP contribution in [0.15, 0.2) is 28.7 Å². The van der Waals surface area contributed by atoms with E-state index < -0.39 is 6.10 Å². The molecule has 2 nitrogen and oxygen atoms in total. The first-order chi connectivity index (χ1) is 8.68. The average molecular weight is 312 g/mol. The van der Waals surface area contributed by atoms with Gasteiger partial charge in [0.1, 0.15) is 0 Å². The predicted molar refractivity (Wildman–Crippen MR) is 78.3 cm³/mol. The van der Waals surface area contributed by atoms with E-state index in [-0.39, 0.29) is 5.41 Å². The van der Waals surface area contributed by atoms with Gasteiger partial charge >= 0.3 is 0 Å². The Labute approximate surface area is 118 Å². The van der Waals surface area contributed by atoms with Crippen LogP contribution in [0.25, 0.3) is 0 Å². The molecular weight excluding hydrogens is 290 g/mol. The van der Waals surface area contributed by atoms with Crippen LogP contribution in [0.3, 0.4) is 0 Å². The maximum Gasteiger partial charge on any atom is 0.0858 e. The molecule has 1 aromatic rings. The molecule has 3 heteroatoms. The van der Waals surface area contributed by atoms with Gasteiger partial charge in [-0.3, -0.25) is 0 Å². The topological polar surface area (TPSA) is 46.2 Å². The summed E-state index contributed by atoms with van der Waals surface area (Å²) in [6, 6.07) is 7.97. The number of rotatable bonds is 3. The van der Waals surface area contributed by atoms with Crippen LogP contribution in [-0.4, -0.2) is 11.7 Å². The Bertz CT molecular complexity index is 369. The first kappa shape index (κ1) is 14.0. The van der Waals surface area contributed by atoms with E-state index >= 15 is 0 Å². The lowest BCUT2D eigenvalue weighted by Gasteiger charge is -2.36. The molecule has 1 aliphatic rings. The summed E-state index contributed by atoms with van der Waals surface area (Å²) in [5, 5.41) is 10.7. The first-order valence-corrected chi connectivity index (χ1v) is 7.61. The van der Waals surface area contributed by atoms with E-state index in [1.807, 2.05) is 24.3 Å². The van der Waals surface area contributed by atoms with Gasteiger partial charge in [-0.25, -0.2) is 0 Å². The number of halogens is 1. The molecule has 1 unspecified atom stereocenters. The molecule has 1 fully saturated rings. The summed E-state index contributed by atoms with van der Waals surface area (Å²) in [5.74, 6) is 0. The smallest absolute Gasteiger partial charge is 0.0858 e. The van der Waals surface area contributed by atoms with Gasteiger partial charge in [0.05, 0.1) is 6.10 Å². The fraction of sp³-hybridized carbons (Fsp3) is 0.600. The molecule has 0 spiro atoms. The molecule has 0 heterocycles. The minimum absolute atomic E-state index is 0.121. The molecular formula is C15H22BrNO. The van der Waals surface area contributed by atoms with Crippen molar-refractivity contribution in [2.75, 3.05) is 6.54 Å². The molecule has 1 atom stereocenters. The highest BCUT2D eigenvalue weighted by Crippen LogP contribution is 2.44. The van der Waals surface area contributed by atoms with Crippen molar-refractivity contribution in [2.45, 2.75) is 44.6 Å². The molecule has 1 aromatic carbocycles. The second kappa shape index (κ2) is 6.18. The molecule has 1 saturated carbocycles. The van der Waals surface area contributed by atoms with E-state index in [0.717, 1.165) is 22.9 Å². The van der Waals surface area contributed by atoms with Gasteiger partial charge in [0.2, 0.25) is 0 Å². The van der Waals surface area contributed by atoms with Crippen LogP contribution in [0.4, 0.5) is 0 Å². The van der Waals surface area contributed by atoms with E-state index in [0.29, 0.717) is 6.54 Å². The summed E-state index contributed by atoms with van der Waals surface area (Å²) in [4.78, 5) is 0.